The third kappa shape index (κ3) is 1.74. The number of imidazole rings is 1. The van der Waals surface area contributed by atoms with Crippen LogP contribution in [-0.4, -0.2) is 24.3 Å². The predicted molar refractivity (Wildman–Crippen MR) is 68.9 cm³/mol. The van der Waals surface area contributed by atoms with Crippen LogP contribution in [-0.2, 0) is 7.05 Å². The Morgan fingerprint density at radius 3 is 2.84 bits per heavy atom. The smallest absolute Gasteiger partial charge is 0.201 e. The van der Waals surface area contributed by atoms with Gasteiger partial charge in [0.25, 0.3) is 0 Å². The van der Waals surface area contributed by atoms with Gasteiger partial charge in [-0.25, -0.2) is 9.37 Å². The van der Waals surface area contributed by atoms with Crippen LogP contribution in [0, 0.1) is 5.82 Å². The number of nitrogens with two attached hydrogens (primary N) is 1. The molecule has 7 heteroatoms. The quantitative estimate of drug-likeness (QED) is 0.757. The molecule has 0 fully saturated rings. The fraction of sp³-hybridized carbons (Fsp3) is 0.250. The Morgan fingerprint density at radius 2 is 2.16 bits per heavy atom. The zero-order chi connectivity index (χ0) is 13.6. The minimum absolute atomic E-state index is 0.136. The maximum Gasteiger partial charge on any atom is 0.201 e. The number of anilines is 1. The monoisotopic (exact) mass is 260 g/mol. The van der Waals surface area contributed by atoms with Crippen LogP contribution in [0.4, 0.5) is 10.3 Å². The molecule has 0 saturated carbocycles. The largest absolute Gasteiger partial charge is 0.369 e. The van der Waals surface area contributed by atoms with E-state index in [1.807, 2.05) is 23.1 Å². The molecule has 0 amide bonds. The molecule has 0 bridgehead atoms. The summed E-state index contributed by atoms with van der Waals surface area (Å²) in [5.41, 5.74) is 7.24. The molecule has 2 aromatic heterocycles. The Morgan fingerprint density at radius 1 is 1.37 bits per heavy atom. The van der Waals surface area contributed by atoms with E-state index in [2.05, 4.69) is 15.2 Å². The van der Waals surface area contributed by atoms with Crippen LogP contribution < -0.4 is 5.73 Å². The second kappa shape index (κ2) is 4.04. The van der Waals surface area contributed by atoms with Crippen LogP contribution in [0.25, 0.3) is 11.0 Å². The Labute approximate surface area is 108 Å². The van der Waals surface area contributed by atoms with E-state index in [0.717, 1.165) is 11.3 Å². The number of benzene rings is 1. The van der Waals surface area contributed by atoms with Gasteiger partial charge in [-0.15, -0.1) is 10.2 Å². The summed E-state index contributed by atoms with van der Waals surface area (Å²) >= 11 is 0. The number of fused-ring (bicyclic) bond motifs is 1. The fourth-order valence-corrected chi connectivity index (χ4v) is 2.28. The average Bonchev–Trinajstić information content (AvgIpc) is 2.90. The highest BCUT2D eigenvalue weighted by atomic mass is 19.1. The highest BCUT2D eigenvalue weighted by Crippen LogP contribution is 2.26. The van der Waals surface area contributed by atoms with Crippen LogP contribution in [0.1, 0.15) is 18.8 Å². The van der Waals surface area contributed by atoms with E-state index in [0.29, 0.717) is 11.5 Å². The highest BCUT2D eigenvalue weighted by molar-refractivity contribution is 5.78. The molecule has 0 spiro atoms. The molecule has 0 saturated heterocycles. The van der Waals surface area contributed by atoms with Crippen molar-refractivity contribution in [2.24, 2.45) is 7.05 Å². The van der Waals surface area contributed by atoms with E-state index in [1.165, 1.54) is 12.1 Å². The molecule has 19 heavy (non-hydrogen) atoms. The lowest BCUT2D eigenvalue weighted by atomic mass is 10.2. The van der Waals surface area contributed by atoms with Crippen molar-refractivity contribution in [3.63, 3.8) is 0 Å². The zero-order valence-electron chi connectivity index (χ0n) is 10.6. The maximum atomic E-state index is 13.2. The van der Waals surface area contributed by atoms with Gasteiger partial charge in [0, 0.05) is 13.1 Å². The molecule has 0 radical (unpaired) electrons. The molecule has 0 aliphatic heterocycles. The molecule has 3 rings (SSSR count). The predicted octanol–water partition coefficient (Wildman–Crippen LogP) is 1.50. The average molecular weight is 260 g/mol. The molecule has 0 aliphatic carbocycles. The first-order chi connectivity index (χ1) is 9.08. The van der Waals surface area contributed by atoms with Crippen LogP contribution >= 0.6 is 0 Å². The standard InChI is InChI=1S/C12H13FN6/c1-7(11-17-15-6-18(11)2)19-10-4-3-8(13)5-9(10)16-12(19)14/h3-7H,1-2H3,(H2,14,16). The summed E-state index contributed by atoms with van der Waals surface area (Å²) < 4.78 is 16.8. The molecular formula is C12H13FN6. The van der Waals surface area contributed by atoms with Gasteiger partial charge in [0.2, 0.25) is 5.95 Å². The van der Waals surface area contributed by atoms with E-state index in [1.54, 1.807) is 12.4 Å². The second-order valence-electron chi connectivity index (χ2n) is 4.45. The van der Waals surface area contributed by atoms with Gasteiger partial charge < -0.3 is 10.3 Å². The lowest BCUT2D eigenvalue weighted by molar-refractivity contribution is 0.593. The molecular weight excluding hydrogens is 247 g/mol. The van der Waals surface area contributed by atoms with Crippen molar-refractivity contribution in [3.05, 3.63) is 36.2 Å². The van der Waals surface area contributed by atoms with Crippen molar-refractivity contribution < 1.29 is 4.39 Å². The summed E-state index contributed by atoms with van der Waals surface area (Å²) in [6.07, 6.45) is 1.63. The summed E-state index contributed by atoms with van der Waals surface area (Å²) in [6, 6.07) is 4.29. The molecule has 1 unspecified atom stereocenters. The molecule has 6 nitrogen and oxygen atoms in total. The number of nitrogens with zero attached hydrogens (tertiary/aromatic N) is 5. The lowest BCUT2D eigenvalue weighted by Crippen LogP contribution is -2.14. The van der Waals surface area contributed by atoms with Gasteiger partial charge in [-0.1, -0.05) is 0 Å². The Kier molecular flexibility index (Phi) is 2.48. The van der Waals surface area contributed by atoms with Crippen molar-refractivity contribution in [3.8, 4) is 0 Å². The Balaban J connectivity index is 2.20. The highest BCUT2D eigenvalue weighted by Gasteiger charge is 2.19. The zero-order valence-corrected chi connectivity index (χ0v) is 10.6. The molecule has 3 aromatic rings. The Bertz CT molecular complexity index is 744. The van der Waals surface area contributed by atoms with Crippen LogP contribution in [0.5, 0.6) is 0 Å². The van der Waals surface area contributed by atoms with Crippen molar-refractivity contribution in [2.75, 3.05) is 5.73 Å². The second-order valence-corrected chi connectivity index (χ2v) is 4.45. The van der Waals surface area contributed by atoms with Crippen molar-refractivity contribution in [1.29, 1.82) is 0 Å². The van der Waals surface area contributed by atoms with Gasteiger partial charge in [0.05, 0.1) is 17.1 Å². The van der Waals surface area contributed by atoms with E-state index in [-0.39, 0.29) is 11.9 Å². The van der Waals surface area contributed by atoms with Gasteiger partial charge >= 0.3 is 0 Å². The number of rotatable bonds is 2. The molecule has 2 heterocycles. The van der Waals surface area contributed by atoms with Gasteiger partial charge in [0.1, 0.15) is 12.1 Å². The summed E-state index contributed by atoms with van der Waals surface area (Å²) in [5.74, 6) is 0.759. The molecule has 0 aliphatic rings. The van der Waals surface area contributed by atoms with Crippen LogP contribution in [0.3, 0.4) is 0 Å². The van der Waals surface area contributed by atoms with E-state index < -0.39 is 0 Å². The maximum absolute atomic E-state index is 13.2. The number of halogens is 1. The Hall–Kier alpha value is -2.44. The molecule has 1 atom stereocenters. The van der Waals surface area contributed by atoms with Gasteiger partial charge in [-0.05, 0) is 19.1 Å². The minimum Gasteiger partial charge on any atom is -0.369 e. The van der Waals surface area contributed by atoms with Crippen molar-refractivity contribution >= 4 is 17.0 Å². The number of aryl methyl sites for hydroxylation is 1. The molecule has 98 valence electrons. The first-order valence-corrected chi connectivity index (χ1v) is 5.85. The van der Waals surface area contributed by atoms with Crippen LogP contribution in [0.2, 0.25) is 0 Å². The van der Waals surface area contributed by atoms with E-state index in [4.69, 9.17) is 5.73 Å². The normalized spacial score (nSPS) is 13.0. The molecule has 1 aromatic carbocycles. The van der Waals surface area contributed by atoms with Crippen LogP contribution in [0.15, 0.2) is 24.5 Å². The van der Waals surface area contributed by atoms with Gasteiger partial charge in [0.15, 0.2) is 5.82 Å². The van der Waals surface area contributed by atoms with Gasteiger partial charge in [-0.3, -0.25) is 4.57 Å². The van der Waals surface area contributed by atoms with Crippen molar-refractivity contribution in [2.45, 2.75) is 13.0 Å². The first kappa shape index (κ1) is 11.6. The third-order valence-electron chi connectivity index (χ3n) is 3.19. The molecule has 2 N–H and O–H groups in total. The topological polar surface area (TPSA) is 74.5 Å². The number of hydrogen-bond acceptors (Lipinski definition) is 4. The first-order valence-electron chi connectivity index (χ1n) is 5.85. The number of nitrogen functional groups attached to an aromatic ring is 1. The third-order valence-corrected chi connectivity index (χ3v) is 3.19. The summed E-state index contributed by atoms with van der Waals surface area (Å²) in [7, 11) is 1.86. The van der Waals surface area contributed by atoms with E-state index >= 15 is 0 Å². The minimum atomic E-state index is -0.330. The van der Waals surface area contributed by atoms with Crippen molar-refractivity contribution in [1.82, 2.24) is 24.3 Å². The lowest BCUT2D eigenvalue weighted by Gasteiger charge is -2.14. The SMILES string of the molecule is CC(c1nncn1C)n1c(N)nc2cc(F)ccc21. The van der Waals surface area contributed by atoms with Gasteiger partial charge in [-0.2, -0.15) is 0 Å². The number of hydrogen-bond donors (Lipinski definition) is 1. The summed E-state index contributed by atoms with van der Waals surface area (Å²) in [4.78, 5) is 4.18. The summed E-state index contributed by atoms with van der Waals surface area (Å²) in [5, 5.41) is 7.93. The van der Waals surface area contributed by atoms with E-state index in [9.17, 15) is 4.39 Å². The fourth-order valence-electron chi connectivity index (χ4n) is 2.28. The summed E-state index contributed by atoms with van der Waals surface area (Å²) in [6.45, 7) is 1.95. The number of aromatic nitrogens is 5.